The molecule has 1 N–H and O–H groups in total. The van der Waals surface area contributed by atoms with Gasteiger partial charge in [0.05, 0.1) is 22.3 Å². The van der Waals surface area contributed by atoms with Crippen molar-refractivity contribution in [3.05, 3.63) is 95.6 Å². The minimum absolute atomic E-state index is 0.161. The molecule has 0 bridgehead atoms. The molecule has 4 rings (SSSR count). The molecule has 3 aromatic carbocycles. The van der Waals surface area contributed by atoms with Crippen molar-refractivity contribution in [2.45, 2.75) is 31.2 Å². The summed E-state index contributed by atoms with van der Waals surface area (Å²) >= 11 is 0. The van der Waals surface area contributed by atoms with Crippen LogP contribution in [0.5, 0.6) is 0 Å². The second-order valence-corrected chi connectivity index (χ2v) is 9.13. The Balaban J connectivity index is 1.70. The van der Waals surface area contributed by atoms with Crippen LogP contribution in [0.15, 0.2) is 88.9 Å². The first-order valence-electron chi connectivity index (χ1n) is 9.97. The Morgan fingerprint density at radius 2 is 1.61 bits per heavy atom. The number of rotatable bonds is 5. The topological polar surface area (TPSA) is 78.8 Å². The number of benzene rings is 3. The molecule has 0 radical (unpaired) electrons. The van der Waals surface area contributed by atoms with Gasteiger partial charge >= 0.3 is 0 Å². The van der Waals surface area contributed by atoms with Gasteiger partial charge in [-0.15, -0.1) is 0 Å². The monoisotopic (exact) mass is 433 g/mol. The fourth-order valence-corrected chi connectivity index (χ4v) is 4.89. The summed E-state index contributed by atoms with van der Waals surface area (Å²) in [5.74, 6) is -0.161. The maximum absolute atomic E-state index is 12.9. The molecule has 0 unspecified atom stereocenters. The minimum atomic E-state index is -3.75. The van der Waals surface area contributed by atoms with Crippen molar-refractivity contribution in [1.29, 1.82) is 0 Å². The van der Waals surface area contributed by atoms with E-state index < -0.39 is 10.0 Å². The predicted octanol–water partition coefficient (Wildman–Crippen LogP) is 4.49. The Kier molecular flexibility index (Phi) is 5.61. The fourth-order valence-electron chi connectivity index (χ4n) is 3.79. The second kappa shape index (κ2) is 8.35. The van der Waals surface area contributed by atoms with Crippen molar-refractivity contribution < 1.29 is 13.2 Å². The third-order valence-electron chi connectivity index (χ3n) is 5.32. The van der Waals surface area contributed by atoms with Gasteiger partial charge in [0.25, 0.3) is 10.0 Å². The number of anilines is 1. The second-order valence-electron chi connectivity index (χ2n) is 7.45. The summed E-state index contributed by atoms with van der Waals surface area (Å²) in [7, 11) is -3.75. The minimum Gasteiger partial charge on any atom is -0.279 e. The summed E-state index contributed by atoms with van der Waals surface area (Å²) in [4.78, 5) is 12.5. The van der Waals surface area contributed by atoms with Gasteiger partial charge in [-0.3, -0.25) is 9.52 Å². The van der Waals surface area contributed by atoms with E-state index in [-0.39, 0.29) is 16.8 Å². The number of nitrogens with one attached hydrogen (secondary N) is 1. The van der Waals surface area contributed by atoms with E-state index in [2.05, 4.69) is 9.82 Å². The van der Waals surface area contributed by atoms with Crippen LogP contribution in [0.2, 0.25) is 0 Å². The largest absolute Gasteiger partial charge is 0.279 e. The van der Waals surface area contributed by atoms with Crippen molar-refractivity contribution in [3.63, 3.8) is 0 Å². The van der Waals surface area contributed by atoms with E-state index >= 15 is 0 Å². The number of hydrazone groups is 1. The lowest BCUT2D eigenvalue weighted by molar-refractivity contribution is -0.130. The summed E-state index contributed by atoms with van der Waals surface area (Å²) in [5, 5.41) is 6.07. The number of carbonyl (C=O) groups is 1. The van der Waals surface area contributed by atoms with E-state index in [1.807, 2.05) is 43.3 Å². The normalized spacial score (nSPS) is 16.1. The number of aryl methyl sites for hydroxylation is 1. The van der Waals surface area contributed by atoms with E-state index in [4.69, 9.17) is 0 Å². The van der Waals surface area contributed by atoms with Crippen molar-refractivity contribution in [3.8, 4) is 0 Å². The Bertz CT molecular complexity index is 1250. The molecular formula is C24H23N3O3S. The average Bonchev–Trinajstić information content (AvgIpc) is 3.20. The number of amides is 1. The van der Waals surface area contributed by atoms with Crippen LogP contribution in [0.3, 0.4) is 0 Å². The molecule has 3 aromatic rings. The van der Waals surface area contributed by atoms with Gasteiger partial charge in [0.15, 0.2) is 0 Å². The molecule has 1 aliphatic heterocycles. The maximum Gasteiger partial charge on any atom is 0.261 e. The molecule has 1 atom stereocenters. The van der Waals surface area contributed by atoms with Crippen LogP contribution in [0.1, 0.15) is 36.1 Å². The van der Waals surface area contributed by atoms with E-state index in [9.17, 15) is 13.2 Å². The molecule has 0 saturated heterocycles. The number of para-hydroxylation sites is 1. The summed E-state index contributed by atoms with van der Waals surface area (Å²) in [5.41, 5.74) is 3.85. The van der Waals surface area contributed by atoms with Gasteiger partial charge in [-0.2, -0.15) is 5.10 Å². The molecule has 31 heavy (non-hydrogen) atoms. The van der Waals surface area contributed by atoms with Crippen LogP contribution in [0.4, 0.5) is 5.69 Å². The molecule has 6 nitrogen and oxygen atoms in total. The Labute approximate surface area is 182 Å². The Morgan fingerprint density at radius 1 is 0.968 bits per heavy atom. The number of hydrogen-bond acceptors (Lipinski definition) is 4. The van der Waals surface area contributed by atoms with Crippen LogP contribution in [0, 0.1) is 6.92 Å². The molecule has 1 heterocycles. The van der Waals surface area contributed by atoms with Crippen molar-refractivity contribution >= 4 is 27.3 Å². The summed E-state index contributed by atoms with van der Waals surface area (Å²) in [6.45, 7) is 3.50. The zero-order valence-corrected chi connectivity index (χ0v) is 18.1. The molecule has 0 saturated carbocycles. The highest BCUT2D eigenvalue weighted by molar-refractivity contribution is 7.92. The summed E-state index contributed by atoms with van der Waals surface area (Å²) in [6, 6.07) is 23.0. The smallest absolute Gasteiger partial charge is 0.261 e. The first-order valence-corrected chi connectivity index (χ1v) is 11.5. The predicted molar refractivity (Wildman–Crippen MR) is 121 cm³/mol. The first kappa shape index (κ1) is 20.8. The third kappa shape index (κ3) is 4.22. The number of hydrogen-bond donors (Lipinski definition) is 1. The summed E-state index contributed by atoms with van der Waals surface area (Å²) in [6.07, 6.45) is 0.495. The van der Waals surface area contributed by atoms with Gasteiger partial charge in [-0.1, -0.05) is 60.7 Å². The van der Waals surface area contributed by atoms with Crippen molar-refractivity contribution in [2.24, 2.45) is 5.10 Å². The zero-order chi connectivity index (χ0) is 22.0. The molecular weight excluding hydrogens is 410 g/mol. The number of sulfonamides is 1. The molecule has 7 heteroatoms. The molecule has 1 amide bonds. The van der Waals surface area contributed by atoms with Gasteiger partial charge < -0.3 is 0 Å². The van der Waals surface area contributed by atoms with Gasteiger partial charge in [0.1, 0.15) is 0 Å². The number of nitrogens with zero attached hydrogens (tertiary/aromatic N) is 2. The molecule has 0 aromatic heterocycles. The van der Waals surface area contributed by atoms with Crippen molar-refractivity contribution in [2.75, 3.05) is 4.72 Å². The molecule has 158 valence electrons. The lowest BCUT2D eigenvalue weighted by atomic mass is 9.95. The van der Waals surface area contributed by atoms with Crippen LogP contribution in [-0.4, -0.2) is 25.0 Å². The highest BCUT2D eigenvalue weighted by Crippen LogP contribution is 2.36. The SMILES string of the molecule is CC(=O)N1N=C(c2ccccc2NS(=O)(=O)c2ccccc2)C[C@H]1c1ccccc1C. The Hall–Kier alpha value is -3.45. The van der Waals surface area contributed by atoms with E-state index in [0.717, 1.165) is 11.1 Å². The highest BCUT2D eigenvalue weighted by Gasteiger charge is 2.33. The first-order chi connectivity index (χ1) is 14.9. The molecule has 1 aliphatic rings. The molecule has 0 fully saturated rings. The maximum atomic E-state index is 12.9. The zero-order valence-electron chi connectivity index (χ0n) is 17.3. The highest BCUT2D eigenvalue weighted by atomic mass is 32.2. The van der Waals surface area contributed by atoms with E-state index in [1.165, 1.54) is 11.9 Å². The van der Waals surface area contributed by atoms with Gasteiger partial charge in [0.2, 0.25) is 5.91 Å². The van der Waals surface area contributed by atoms with Crippen molar-refractivity contribution in [1.82, 2.24) is 5.01 Å². The van der Waals surface area contributed by atoms with Crippen LogP contribution in [0.25, 0.3) is 0 Å². The average molecular weight is 434 g/mol. The summed E-state index contributed by atoms with van der Waals surface area (Å²) < 4.78 is 28.4. The fraction of sp³-hybridized carbons (Fsp3) is 0.167. The lowest BCUT2D eigenvalue weighted by Crippen LogP contribution is -2.24. The number of carbonyl (C=O) groups excluding carboxylic acids is 1. The Morgan fingerprint density at radius 3 is 2.32 bits per heavy atom. The standard InChI is InChI=1S/C24H23N3O3S/c1-17-10-6-7-13-20(17)24-16-23(25-27(24)18(2)28)21-14-8-9-15-22(21)26-31(29,30)19-11-4-3-5-12-19/h3-15,24,26H,16H2,1-2H3/t24-/m0/s1. The van der Waals surface area contributed by atoms with Gasteiger partial charge in [0, 0.05) is 18.9 Å². The lowest BCUT2D eigenvalue weighted by Gasteiger charge is -2.22. The quantitative estimate of drug-likeness (QED) is 0.644. The van der Waals surface area contributed by atoms with Crippen LogP contribution in [-0.2, 0) is 14.8 Å². The molecule has 0 spiro atoms. The van der Waals surface area contributed by atoms with E-state index in [1.54, 1.807) is 42.5 Å². The third-order valence-corrected chi connectivity index (χ3v) is 6.70. The van der Waals surface area contributed by atoms with E-state index in [0.29, 0.717) is 23.4 Å². The van der Waals surface area contributed by atoms with Crippen LogP contribution >= 0.6 is 0 Å². The molecule has 0 aliphatic carbocycles. The van der Waals surface area contributed by atoms with Crippen LogP contribution < -0.4 is 4.72 Å². The van der Waals surface area contributed by atoms with Gasteiger partial charge in [-0.25, -0.2) is 13.4 Å². The van der Waals surface area contributed by atoms with Gasteiger partial charge in [-0.05, 0) is 36.2 Å².